The molecule has 0 bridgehead atoms. The molecule has 0 spiro atoms. The Balaban J connectivity index is 1.54. The fraction of sp³-hybridized carbons (Fsp3) is 0.346. The summed E-state index contributed by atoms with van der Waals surface area (Å²) < 4.78 is 19.1. The number of hydrogen-bond donors (Lipinski definition) is 3. The number of ether oxygens (including phenoxy) is 1. The number of anilines is 1. The van der Waals surface area contributed by atoms with Crippen LogP contribution < -0.4 is 9.64 Å². The summed E-state index contributed by atoms with van der Waals surface area (Å²) in [5.41, 5.74) is 3.01. The van der Waals surface area contributed by atoms with Gasteiger partial charge >= 0.3 is 0 Å². The Morgan fingerprint density at radius 1 is 1.09 bits per heavy atom. The first-order valence-electron chi connectivity index (χ1n) is 11.5. The number of hydrogen-bond acceptors (Lipinski definition) is 7. The normalized spacial score (nSPS) is 17.4. The minimum absolute atomic E-state index is 0.0819. The summed E-state index contributed by atoms with van der Waals surface area (Å²) in [6, 6.07) is 15.2. The molecule has 2 aromatic carbocycles. The number of benzene rings is 2. The number of rotatable bonds is 9. The van der Waals surface area contributed by atoms with Crippen molar-refractivity contribution in [3.05, 3.63) is 88.5 Å². The molecule has 35 heavy (non-hydrogen) atoms. The summed E-state index contributed by atoms with van der Waals surface area (Å²) in [5, 5.41) is 29.5. The third kappa shape index (κ3) is 6.28. The van der Waals surface area contributed by atoms with Gasteiger partial charge in [0.25, 0.3) is 0 Å². The largest absolute Gasteiger partial charge is 0.491 e. The van der Waals surface area contributed by atoms with E-state index in [1.165, 1.54) is 12.1 Å². The van der Waals surface area contributed by atoms with Crippen LogP contribution in [-0.2, 0) is 6.61 Å². The van der Waals surface area contributed by atoms with Crippen LogP contribution in [0.2, 0.25) is 5.02 Å². The van der Waals surface area contributed by atoms with E-state index in [0.29, 0.717) is 48.2 Å². The Hall–Kier alpha value is -2.75. The lowest BCUT2D eigenvalue weighted by atomic mass is 10.00. The lowest BCUT2D eigenvalue weighted by molar-refractivity contribution is 0.100. The van der Waals surface area contributed by atoms with E-state index < -0.39 is 6.10 Å². The third-order valence-corrected chi connectivity index (χ3v) is 6.44. The second-order valence-electron chi connectivity index (χ2n) is 8.46. The summed E-state index contributed by atoms with van der Waals surface area (Å²) in [7, 11) is 0. The molecule has 0 amide bonds. The predicted molar refractivity (Wildman–Crippen MR) is 132 cm³/mol. The first kappa shape index (κ1) is 25.3. The number of aliphatic hydroxyl groups is 3. The van der Waals surface area contributed by atoms with Crippen molar-refractivity contribution in [2.45, 2.75) is 18.8 Å². The molecule has 1 aromatic heterocycles. The number of piperazine rings is 1. The van der Waals surface area contributed by atoms with Crippen LogP contribution in [-0.4, -0.2) is 64.6 Å². The van der Waals surface area contributed by atoms with E-state index in [4.69, 9.17) is 21.4 Å². The molecule has 1 aliphatic heterocycles. The third-order valence-electron chi connectivity index (χ3n) is 6.13. The average Bonchev–Trinajstić information content (AvgIpc) is 2.88. The van der Waals surface area contributed by atoms with Gasteiger partial charge in [0.15, 0.2) is 0 Å². The van der Waals surface area contributed by atoms with E-state index >= 15 is 0 Å². The minimum atomic E-state index is -0.734. The highest BCUT2D eigenvalue weighted by Crippen LogP contribution is 2.37. The molecule has 1 saturated heterocycles. The number of pyridine rings is 1. The second kappa shape index (κ2) is 11.8. The maximum Gasteiger partial charge on any atom is 0.123 e. The Morgan fingerprint density at radius 3 is 2.54 bits per heavy atom. The van der Waals surface area contributed by atoms with E-state index in [0.717, 1.165) is 11.3 Å². The molecular weight excluding hydrogens is 473 g/mol. The zero-order chi connectivity index (χ0) is 24.8. The van der Waals surface area contributed by atoms with Crippen LogP contribution in [0.3, 0.4) is 0 Å². The minimum Gasteiger partial charge on any atom is -0.491 e. The van der Waals surface area contributed by atoms with Gasteiger partial charge in [0, 0.05) is 44.0 Å². The molecule has 7 nitrogen and oxygen atoms in total. The molecule has 4 rings (SSSR count). The van der Waals surface area contributed by atoms with Gasteiger partial charge in [-0.2, -0.15) is 0 Å². The van der Waals surface area contributed by atoms with Crippen LogP contribution in [0.5, 0.6) is 5.75 Å². The van der Waals surface area contributed by atoms with Gasteiger partial charge < -0.3 is 25.0 Å². The van der Waals surface area contributed by atoms with E-state index in [1.54, 1.807) is 36.5 Å². The summed E-state index contributed by atoms with van der Waals surface area (Å²) in [6.45, 7) is 2.31. The van der Waals surface area contributed by atoms with Gasteiger partial charge in [-0.1, -0.05) is 29.8 Å². The summed E-state index contributed by atoms with van der Waals surface area (Å²) >= 11 is 6.62. The molecule has 0 radical (unpaired) electrons. The number of aliphatic hydroxyl groups excluding tert-OH is 3. The van der Waals surface area contributed by atoms with Crippen molar-refractivity contribution >= 4 is 17.3 Å². The van der Waals surface area contributed by atoms with E-state index in [1.807, 2.05) is 12.1 Å². The fourth-order valence-electron chi connectivity index (χ4n) is 4.31. The Kier molecular flexibility index (Phi) is 8.54. The van der Waals surface area contributed by atoms with Gasteiger partial charge in [-0.3, -0.25) is 9.88 Å². The zero-order valence-corrected chi connectivity index (χ0v) is 20.0. The van der Waals surface area contributed by atoms with Crippen LogP contribution in [0, 0.1) is 5.82 Å². The lowest BCUT2D eigenvalue weighted by Gasteiger charge is -2.44. The van der Waals surface area contributed by atoms with Crippen molar-refractivity contribution in [1.29, 1.82) is 0 Å². The quantitative estimate of drug-likeness (QED) is 0.414. The summed E-state index contributed by atoms with van der Waals surface area (Å²) in [6.07, 6.45) is 0.853. The number of nitrogens with zero attached hydrogens (tertiary/aromatic N) is 3. The number of β-amino-alcohol motifs (C(OH)–C–C–N with tert-alkyl or cyclic N) is 1. The molecule has 1 aliphatic rings. The highest BCUT2D eigenvalue weighted by atomic mass is 35.5. The molecule has 2 heterocycles. The van der Waals surface area contributed by atoms with Crippen molar-refractivity contribution in [3.63, 3.8) is 0 Å². The molecule has 9 heteroatoms. The standard InChI is InChI=1S/C26H29ClFN3O4/c27-23-13-22(35-12-11-32)7-8-24(23)31-10-9-30(15-25(31)18-1-4-20(28)5-2-18)16-26(34)19-3-6-21(17-33)29-14-19/h1-8,13-14,25-26,32-34H,9-12,15-17H2/t25-,26+/m0/s1. The molecule has 3 aromatic rings. The van der Waals surface area contributed by atoms with Crippen LogP contribution >= 0.6 is 11.6 Å². The lowest BCUT2D eigenvalue weighted by Crippen LogP contribution is -2.49. The number of aromatic nitrogens is 1. The molecule has 2 atom stereocenters. The molecule has 0 aliphatic carbocycles. The van der Waals surface area contributed by atoms with E-state index in [2.05, 4.69) is 14.8 Å². The van der Waals surface area contributed by atoms with Gasteiger partial charge in [0.05, 0.1) is 41.8 Å². The Labute approximate surface area is 209 Å². The van der Waals surface area contributed by atoms with Gasteiger partial charge in [-0.05, 0) is 35.9 Å². The summed E-state index contributed by atoms with van der Waals surface area (Å²) in [4.78, 5) is 8.51. The van der Waals surface area contributed by atoms with Gasteiger partial charge in [-0.25, -0.2) is 4.39 Å². The smallest absolute Gasteiger partial charge is 0.123 e. The van der Waals surface area contributed by atoms with Crippen LogP contribution in [0.25, 0.3) is 0 Å². The van der Waals surface area contributed by atoms with Crippen LogP contribution in [0.1, 0.15) is 29.0 Å². The van der Waals surface area contributed by atoms with Crippen molar-refractivity contribution in [1.82, 2.24) is 9.88 Å². The topological polar surface area (TPSA) is 89.3 Å². The van der Waals surface area contributed by atoms with Crippen molar-refractivity contribution < 1.29 is 24.4 Å². The van der Waals surface area contributed by atoms with Gasteiger partial charge in [0.2, 0.25) is 0 Å². The summed E-state index contributed by atoms with van der Waals surface area (Å²) in [5.74, 6) is 0.277. The maximum atomic E-state index is 13.6. The SMILES string of the molecule is OCCOc1ccc(N2CCN(C[C@@H](O)c3ccc(CO)nc3)C[C@H]2c2ccc(F)cc2)c(Cl)c1. The molecule has 0 unspecified atom stereocenters. The predicted octanol–water partition coefficient (Wildman–Crippen LogP) is 3.33. The van der Waals surface area contributed by atoms with Crippen molar-refractivity contribution in [2.24, 2.45) is 0 Å². The first-order chi connectivity index (χ1) is 17.0. The molecule has 0 saturated carbocycles. The molecule has 1 fully saturated rings. The monoisotopic (exact) mass is 501 g/mol. The average molecular weight is 502 g/mol. The highest BCUT2D eigenvalue weighted by molar-refractivity contribution is 6.33. The van der Waals surface area contributed by atoms with Crippen LogP contribution in [0.4, 0.5) is 10.1 Å². The van der Waals surface area contributed by atoms with Crippen molar-refractivity contribution in [2.75, 3.05) is 44.3 Å². The number of halogens is 2. The highest BCUT2D eigenvalue weighted by Gasteiger charge is 2.31. The molecular formula is C26H29ClFN3O4. The van der Waals surface area contributed by atoms with E-state index in [9.17, 15) is 14.6 Å². The van der Waals surface area contributed by atoms with Crippen molar-refractivity contribution in [3.8, 4) is 5.75 Å². The molecule has 3 N–H and O–H groups in total. The Bertz CT molecular complexity index is 1100. The maximum absolute atomic E-state index is 13.6. The fourth-order valence-corrected chi connectivity index (χ4v) is 4.59. The molecule has 186 valence electrons. The zero-order valence-electron chi connectivity index (χ0n) is 19.2. The van der Waals surface area contributed by atoms with Crippen LogP contribution in [0.15, 0.2) is 60.8 Å². The van der Waals surface area contributed by atoms with Gasteiger partial charge in [0.1, 0.15) is 18.2 Å². The van der Waals surface area contributed by atoms with Gasteiger partial charge in [-0.15, -0.1) is 0 Å². The second-order valence-corrected chi connectivity index (χ2v) is 8.87. The first-order valence-corrected chi connectivity index (χ1v) is 11.9. The Morgan fingerprint density at radius 2 is 1.89 bits per heavy atom. The van der Waals surface area contributed by atoms with E-state index in [-0.39, 0.29) is 31.7 Å².